The lowest BCUT2D eigenvalue weighted by Crippen LogP contribution is -2.36. The molecule has 1 saturated heterocycles. The van der Waals surface area contributed by atoms with E-state index in [9.17, 15) is 14.9 Å². The van der Waals surface area contributed by atoms with Crippen LogP contribution >= 0.6 is 0 Å². The Morgan fingerprint density at radius 1 is 1.43 bits per heavy atom. The molecule has 1 fully saturated rings. The SMILES string of the molecule is CC(c1ccccc1[N+](=O)[O-])N1CCC(CC(=O)O)CC1. The van der Waals surface area contributed by atoms with Gasteiger partial charge in [0.1, 0.15) is 0 Å². The van der Waals surface area contributed by atoms with Crippen LogP contribution in [0.3, 0.4) is 0 Å². The van der Waals surface area contributed by atoms with Crippen molar-refractivity contribution in [1.82, 2.24) is 4.90 Å². The van der Waals surface area contributed by atoms with Crippen LogP contribution < -0.4 is 0 Å². The van der Waals surface area contributed by atoms with Crippen LogP contribution in [0.4, 0.5) is 5.69 Å². The number of rotatable bonds is 5. The summed E-state index contributed by atoms with van der Waals surface area (Å²) in [6, 6.07) is 6.79. The van der Waals surface area contributed by atoms with Crippen molar-refractivity contribution in [2.24, 2.45) is 5.92 Å². The molecule has 1 N–H and O–H groups in total. The van der Waals surface area contributed by atoms with Crippen LogP contribution in [0.1, 0.15) is 37.8 Å². The summed E-state index contributed by atoms with van der Waals surface area (Å²) >= 11 is 0. The first-order chi connectivity index (χ1) is 9.99. The minimum atomic E-state index is -0.750. The van der Waals surface area contributed by atoms with Gasteiger partial charge in [0, 0.05) is 24.1 Å². The van der Waals surface area contributed by atoms with Gasteiger partial charge in [-0.3, -0.25) is 19.8 Å². The van der Waals surface area contributed by atoms with Crippen LogP contribution in [0.5, 0.6) is 0 Å². The van der Waals surface area contributed by atoms with Gasteiger partial charge in [0.25, 0.3) is 5.69 Å². The molecule has 0 saturated carbocycles. The number of nitro groups is 1. The first kappa shape index (κ1) is 15.4. The van der Waals surface area contributed by atoms with E-state index < -0.39 is 5.97 Å². The molecule has 1 unspecified atom stereocenters. The Bertz CT molecular complexity index is 524. The maximum absolute atomic E-state index is 11.1. The molecular weight excluding hydrogens is 272 g/mol. The number of nitrogens with zero attached hydrogens (tertiary/aromatic N) is 2. The average Bonchev–Trinajstić information content (AvgIpc) is 2.46. The Balaban J connectivity index is 2.04. The molecule has 114 valence electrons. The molecule has 6 nitrogen and oxygen atoms in total. The highest BCUT2D eigenvalue weighted by Crippen LogP contribution is 2.32. The number of carboxylic acids is 1. The van der Waals surface area contributed by atoms with Gasteiger partial charge < -0.3 is 5.11 Å². The molecule has 1 heterocycles. The minimum absolute atomic E-state index is 0.0302. The molecule has 1 aromatic carbocycles. The molecule has 0 radical (unpaired) electrons. The molecule has 0 bridgehead atoms. The number of hydrogen-bond donors (Lipinski definition) is 1. The van der Waals surface area contributed by atoms with E-state index in [2.05, 4.69) is 4.90 Å². The number of aliphatic carboxylic acids is 1. The van der Waals surface area contributed by atoms with E-state index in [0.29, 0.717) is 0 Å². The fraction of sp³-hybridized carbons (Fsp3) is 0.533. The van der Waals surface area contributed by atoms with Gasteiger partial charge >= 0.3 is 5.97 Å². The van der Waals surface area contributed by atoms with Crippen molar-refractivity contribution >= 4 is 11.7 Å². The Hall–Kier alpha value is -1.95. The standard InChI is InChI=1S/C15H20N2O4/c1-11(13-4-2-3-5-14(13)17(20)21)16-8-6-12(7-9-16)10-15(18)19/h2-5,11-12H,6-10H2,1H3,(H,18,19). The summed E-state index contributed by atoms with van der Waals surface area (Å²) in [5, 5.41) is 19.9. The van der Waals surface area contributed by atoms with Crippen molar-refractivity contribution in [1.29, 1.82) is 0 Å². The Kier molecular flexibility index (Phi) is 4.90. The van der Waals surface area contributed by atoms with Gasteiger partial charge in [0.15, 0.2) is 0 Å². The molecule has 1 atom stereocenters. The Morgan fingerprint density at radius 3 is 2.62 bits per heavy atom. The van der Waals surface area contributed by atoms with Gasteiger partial charge in [-0.1, -0.05) is 18.2 Å². The zero-order valence-corrected chi connectivity index (χ0v) is 12.1. The Labute approximate surface area is 123 Å². The number of carbonyl (C=O) groups is 1. The van der Waals surface area contributed by atoms with Crippen LogP contribution in [0.15, 0.2) is 24.3 Å². The minimum Gasteiger partial charge on any atom is -0.481 e. The van der Waals surface area contributed by atoms with Crippen molar-refractivity contribution in [3.8, 4) is 0 Å². The van der Waals surface area contributed by atoms with Crippen molar-refractivity contribution in [2.45, 2.75) is 32.2 Å². The molecule has 1 aromatic rings. The van der Waals surface area contributed by atoms with Gasteiger partial charge in [-0.25, -0.2) is 0 Å². The second kappa shape index (κ2) is 6.67. The molecule has 0 aromatic heterocycles. The first-order valence-corrected chi connectivity index (χ1v) is 7.18. The van der Waals surface area contributed by atoms with Crippen LogP contribution in [0, 0.1) is 16.0 Å². The number of hydrogen-bond acceptors (Lipinski definition) is 4. The zero-order valence-electron chi connectivity index (χ0n) is 12.1. The highest BCUT2D eigenvalue weighted by atomic mass is 16.6. The summed E-state index contributed by atoms with van der Waals surface area (Å²) in [4.78, 5) is 23.7. The lowest BCUT2D eigenvalue weighted by atomic mass is 9.92. The third-order valence-corrected chi connectivity index (χ3v) is 4.24. The van der Waals surface area contributed by atoms with Crippen LogP contribution in [0.25, 0.3) is 0 Å². The van der Waals surface area contributed by atoms with Gasteiger partial charge in [-0.15, -0.1) is 0 Å². The third kappa shape index (κ3) is 3.78. The van der Waals surface area contributed by atoms with Gasteiger partial charge in [-0.05, 0) is 38.8 Å². The van der Waals surface area contributed by atoms with Crippen LogP contribution in [0.2, 0.25) is 0 Å². The maximum atomic E-state index is 11.1. The summed E-state index contributed by atoms with van der Waals surface area (Å²) in [7, 11) is 0. The highest BCUT2D eigenvalue weighted by Gasteiger charge is 2.28. The summed E-state index contributed by atoms with van der Waals surface area (Å²) in [5.74, 6) is -0.531. The van der Waals surface area contributed by atoms with Crippen molar-refractivity contribution in [3.63, 3.8) is 0 Å². The van der Waals surface area contributed by atoms with Crippen LogP contribution in [-0.4, -0.2) is 34.0 Å². The predicted molar refractivity (Wildman–Crippen MR) is 78.1 cm³/mol. The molecule has 0 amide bonds. The maximum Gasteiger partial charge on any atom is 0.303 e. The largest absolute Gasteiger partial charge is 0.481 e. The highest BCUT2D eigenvalue weighted by molar-refractivity contribution is 5.67. The number of para-hydroxylation sites is 1. The predicted octanol–water partition coefficient (Wildman–Crippen LogP) is 2.84. The lowest BCUT2D eigenvalue weighted by Gasteiger charge is -2.35. The van der Waals surface area contributed by atoms with Crippen molar-refractivity contribution in [2.75, 3.05) is 13.1 Å². The normalized spacial score (nSPS) is 18.3. The quantitative estimate of drug-likeness (QED) is 0.666. The van der Waals surface area contributed by atoms with Gasteiger partial charge in [0.2, 0.25) is 0 Å². The van der Waals surface area contributed by atoms with Gasteiger partial charge in [-0.2, -0.15) is 0 Å². The molecule has 6 heteroatoms. The average molecular weight is 292 g/mol. The van der Waals surface area contributed by atoms with E-state index in [4.69, 9.17) is 5.11 Å². The summed E-state index contributed by atoms with van der Waals surface area (Å²) < 4.78 is 0. The van der Waals surface area contributed by atoms with E-state index in [0.717, 1.165) is 31.5 Å². The topological polar surface area (TPSA) is 83.7 Å². The smallest absolute Gasteiger partial charge is 0.303 e. The monoisotopic (exact) mass is 292 g/mol. The number of carboxylic acid groups (broad SMARTS) is 1. The first-order valence-electron chi connectivity index (χ1n) is 7.18. The second-order valence-electron chi connectivity index (χ2n) is 5.57. The van der Waals surface area contributed by atoms with Gasteiger partial charge in [0.05, 0.1) is 4.92 Å². The van der Waals surface area contributed by atoms with Crippen molar-refractivity contribution in [3.05, 3.63) is 39.9 Å². The number of nitro benzene ring substituents is 1. The van der Waals surface area contributed by atoms with E-state index in [-0.39, 0.29) is 29.0 Å². The van der Waals surface area contributed by atoms with E-state index in [1.165, 1.54) is 6.07 Å². The van der Waals surface area contributed by atoms with E-state index >= 15 is 0 Å². The van der Waals surface area contributed by atoms with Crippen molar-refractivity contribution < 1.29 is 14.8 Å². The molecular formula is C15H20N2O4. The number of piperidine rings is 1. The summed E-state index contributed by atoms with van der Waals surface area (Å²) in [6.07, 6.45) is 1.88. The summed E-state index contributed by atoms with van der Waals surface area (Å²) in [5.41, 5.74) is 0.872. The van der Waals surface area contributed by atoms with Crippen LogP contribution in [-0.2, 0) is 4.79 Å². The third-order valence-electron chi connectivity index (χ3n) is 4.24. The van der Waals surface area contributed by atoms with E-state index in [1.807, 2.05) is 13.0 Å². The molecule has 1 aliphatic heterocycles. The molecule has 1 aliphatic rings. The second-order valence-corrected chi connectivity index (χ2v) is 5.57. The number of likely N-dealkylation sites (tertiary alicyclic amines) is 1. The lowest BCUT2D eigenvalue weighted by molar-refractivity contribution is -0.386. The number of benzene rings is 1. The molecule has 2 rings (SSSR count). The fourth-order valence-corrected chi connectivity index (χ4v) is 3.00. The van der Waals surface area contributed by atoms with E-state index in [1.54, 1.807) is 12.1 Å². The Morgan fingerprint density at radius 2 is 2.05 bits per heavy atom. The molecule has 0 aliphatic carbocycles. The zero-order chi connectivity index (χ0) is 15.4. The fourth-order valence-electron chi connectivity index (χ4n) is 3.00. The molecule has 21 heavy (non-hydrogen) atoms. The summed E-state index contributed by atoms with van der Waals surface area (Å²) in [6.45, 7) is 3.54. The molecule has 0 spiro atoms.